The molecule has 0 atom stereocenters. The lowest BCUT2D eigenvalue weighted by Gasteiger charge is -2.11. The van der Waals surface area contributed by atoms with Gasteiger partial charge in [0.15, 0.2) is 11.8 Å². The van der Waals surface area contributed by atoms with Crippen LogP contribution in [0.5, 0.6) is 0 Å². The summed E-state index contributed by atoms with van der Waals surface area (Å²) in [5.74, 6) is 2.15. The van der Waals surface area contributed by atoms with Crippen LogP contribution in [0.4, 0.5) is 0 Å². The van der Waals surface area contributed by atoms with Crippen LogP contribution in [-0.2, 0) is 19.3 Å². The third-order valence-corrected chi connectivity index (χ3v) is 5.27. The molecular formula is C21H28N6OS. The first-order chi connectivity index (χ1) is 14.2. The molecule has 0 saturated heterocycles. The predicted molar refractivity (Wildman–Crippen MR) is 117 cm³/mol. The van der Waals surface area contributed by atoms with Crippen LogP contribution in [0.25, 0.3) is 11.5 Å². The molecule has 0 aliphatic heterocycles. The minimum atomic E-state index is 0.573. The topological polar surface area (TPSA) is 88.2 Å². The van der Waals surface area contributed by atoms with E-state index in [4.69, 9.17) is 4.52 Å². The zero-order valence-corrected chi connectivity index (χ0v) is 18.1. The number of thiazole rings is 1. The maximum absolute atomic E-state index is 5.29. The fraction of sp³-hybridized carbons (Fsp3) is 0.429. The highest BCUT2D eigenvalue weighted by Crippen LogP contribution is 2.18. The Hall–Kier alpha value is -2.74. The summed E-state index contributed by atoms with van der Waals surface area (Å²) in [7, 11) is 0. The number of aliphatic imine (C=N–C) groups is 1. The van der Waals surface area contributed by atoms with Crippen LogP contribution in [0.2, 0.25) is 0 Å². The van der Waals surface area contributed by atoms with Gasteiger partial charge in [0, 0.05) is 49.1 Å². The second-order valence-electron chi connectivity index (χ2n) is 6.62. The molecule has 1 aromatic carbocycles. The monoisotopic (exact) mass is 412 g/mol. The van der Waals surface area contributed by atoms with Gasteiger partial charge in [0.1, 0.15) is 0 Å². The van der Waals surface area contributed by atoms with Crippen LogP contribution >= 0.6 is 11.3 Å². The smallest absolute Gasteiger partial charge is 0.257 e. The third kappa shape index (κ3) is 6.39. The first kappa shape index (κ1) is 21.0. The van der Waals surface area contributed by atoms with Gasteiger partial charge in [-0.2, -0.15) is 4.98 Å². The normalized spacial score (nSPS) is 11.6. The van der Waals surface area contributed by atoms with E-state index < -0.39 is 0 Å². The van der Waals surface area contributed by atoms with Gasteiger partial charge in [-0.15, -0.1) is 11.3 Å². The van der Waals surface area contributed by atoms with E-state index in [1.807, 2.05) is 25.3 Å². The largest absolute Gasteiger partial charge is 0.357 e. The average Bonchev–Trinajstić information content (AvgIpc) is 3.37. The molecule has 0 spiro atoms. The number of nitrogens with one attached hydrogen (secondary N) is 2. The maximum Gasteiger partial charge on any atom is 0.257 e. The maximum atomic E-state index is 5.29. The van der Waals surface area contributed by atoms with Crippen LogP contribution in [-0.4, -0.2) is 40.7 Å². The molecule has 3 rings (SSSR count). The summed E-state index contributed by atoms with van der Waals surface area (Å²) in [4.78, 5) is 14.6. The number of rotatable bonds is 9. The summed E-state index contributed by atoms with van der Waals surface area (Å²) in [5.41, 5.74) is 2.19. The third-order valence-electron chi connectivity index (χ3n) is 4.30. The summed E-state index contributed by atoms with van der Waals surface area (Å²) in [6.45, 7) is 8.52. The highest BCUT2D eigenvalue weighted by molar-refractivity contribution is 7.11. The van der Waals surface area contributed by atoms with E-state index in [9.17, 15) is 0 Å². The quantitative estimate of drug-likeness (QED) is 0.414. The van der Waals surface area contributed by atoms with Gasteiger partial charge in [-0.3, -0.25) is 4.99 Å². The SMILES string of the molecule is CCNC(=NCCc1ncc(C)s1)NCCc1ccc(-c2nc(CC)no2)cc1. The van der Waals surface area contributed by atoms with E-state index in [1.54, 1.807) is 11.3 Å². The second kappa shape index (κ2) is 10.7. The number of benzene rings is 1. The fourth-order valence-corrected chi connectivity index (χ4v) is 3.55. The van der Waals surface area contributed by atoms with Crippen LogP contribution in [0.3, 0.4) is 0 Å². The summed E-state index contributed by atoms with van der Waals surface area (Å²) in [5, 5.41) is 11.8. The molecule has 0 unspecified atom stereocenters. The molecule has 0 amide bonds. The van der Waals surface area contributed by atoms with Crippen LogP contribution in [0.15, 0.2) is 40.0 Å². The molecule has 2 heterocycles. The lowest BCUT2D eigenvalue weighted by atomic mass is 10.1. The molecule has 29 heavy (non-hydrogen) atoms. The first-order valence-electron chi connectivity index (χ1n) is 10.0. The Morgan fingerprint density at radius 2 is 1.97 bits per heavy atom. The van der Waals surface area contributed by atoms with Crippen molar-refractivity contribution in [2.24, 2.45) is 4.99 Å². The lowest BCUT2D eigenvalue weighted by molar-refractivity contribution is 0.423. The van der Waals surface area contributed by atoms with E-state index in [1.165, 1.54) is 10.4 Å². The summed E-state index contributed by atoms with van der Waals surface area (Å²) < 4.78 is 5.29. The number of guanidine groups is 1. The van der Waals surface area contributed by atoms with Crippen molar-refractivity contribution in [2.45, 2.75) is 40.0 Å². The highest BCUT2D eigenvalue weighted by Gasteiger charge is 2.07. The highest BCUT2D eigenvalue weighted by atomic mass is 32.1. The van der Waals surface area contributed by atoms with Crippen molar-refractivity contribution in [2.75, 3.05) is 19.6 Å². The predicted octanol–water partition coefficient (Wildman–Crippen LogP) is 3.40. The van der Waals surface area contributed by atoms with Crippen LogP contribution in [0.1, 0.15) is 35.1 Å². The zero-order valence-electron chi connectivity index (χ0n) is 17.2. The van der Waals surface area contributed by atoms with Crippen LogP contribution in [0, 0.1) is 6.92 Å². The van der Waals surface area contributed by atoms with Gasteiger partial charge >= 0.3 is 0 Å². The molecule has 2 N–H and O–H groups in total. The van der Waals surface area contributed by atoms with Gasteiger partial charge in [-0.1, -0.05) is 24.2 Å². The van der Waals surface area contributed by atoms with E-state index in [-0.39, 0.29) is 0 Å². The molecule has 154 valence electrons. The molecular weight excluding hydrogens is 384 g/mol. The molecule has 0 radical (unpaired) electrons. The van der Waals surface area contributed by atoms with Gasteiger partial charge in [-0.05, 0) is 38.0 Å². The molecule has 0 saturated carbocycles. The Bertz CT molecular complexity index is 915. The summed E-state index contributed by atoms with van der Waals surface area (Å²) >= 11 is 1.73. The Morgan fingerprint density at radius 3 is 2.62 bits per heavy atom. The number of nitrogens with zero attached hydrogens (tertiary/aromatic N) is 4. The van der Waals surface area contributed by atoms with Gasteiger partial charge < -0.3 is 15.2 Å². The minimum absolute atomic E-state index is 0.573. The number of hydrogen-bond acceptors (Lipinski definition) is 6. The Balaban J connectivity index is 1.47. The van der Waals surface area contributed by atoms with E-state index in [2.05, 4.69) is 56.7 Å². The Morgan fingerprint density at radius 1 is 1.14 bits per heavy atom. The average molecular weight is 413 g/mol. The zero-order chi connectivity index (χ0) is 20.5. The Labute approximate surface area is 175 Å². The molecule has 0 fully saturated rings. The molecule has 0 aliphatic carbocycles. The molecule has 8 heteroatoms. The van der Waals surface area contributed by atoms with E-state index >= 15 is 0 Å². The fourth-order valence-electron chi connectivity index (χ4n) is 2.78. The molecule has 0 aliphatic rings. The molecule has 0 bridgehead atoms. The molecule has 7 nitrogen and oxygen atoms in total. The van der Waals surface area contributed by atoms with E-state index in [0.29, 0.717) is 5.89 Å². The summed E-state index contributed by atoms with van der Waals surface area (Å²) in [6, 6.07) is 8.25. The Kier molecular flexibility index (Phi) is 7.75. The van der Waals surface area contributed by atoms with Crippen molar-refractivity contribution in [1.29, 1.82) is 0 Å². The number of aryl methyl sites for hydroxylation is 2. The van der Waals surface area contributed by atoms with Gasteiger partial charge in [0.25, 0.3) is 5.89 Å². The molecule has 3 aromatic rings. The summed E-state index contributed by atoms with van der Waals surface area (Å²) in [6.07, 6.45) is 4.46. The van der Waals surface area contributed by atoms with Gasteiger partial charge in [0.05, 0.1) is 5.01 Å². The minimum Gasteiger partial charge on any atom is -0.357 e. The van der Waals surface area contributed by atoms with E-state index in [0.717, 1.165) is 61.3 Å². The van der Waals surface area contributed by atoms with Crippen molar-refractivity contribution < 1.29 is 4.52 Å². The first-order valence-corrected chi connectivity index (χ1v) is 10.8. The van der Waals surface area contributed by atoms with Gasteiger partial charge in [-0.25, -0.2) is 4.98 Å². The lowest BCUT2D eigenvalue weighted by Crippen LogP contribution is -2.38. The number of hydrogen-bond donors (Lipinski definition) is 2. The van der Waals surface area contributed by atoms with Crippen molar-refractivity contribution in [1.82, 2.24) is 25.8 Å². The van der Waals surface area contributed by atoms with Crippen molar-refractivity contribution in [3.05, 3.63) is 51.7 Å². The van der Waals surface area contributed by atoms with Gasteiger partial charge in [0.2, 0.25) is 0 Å². The van der Waals surface area contributed by atoms with Crippen LogP contribution < -0.4 is 10.6 Å². The standard InChI is InChI=1S/C21H28N6OS/c1-4-18-26-20(28-27-18)17-8-6-16(7-9-17)10-12-23-21(22-5-2)24-13-11-19-25-14-15(3)29-19/h6-9,14H,4-5,10-13H2,1-3H3,(H2,22,23,24). The van der Waals surface area contributed by atoms with Crippen molar-refractivity contribution >= 4 is 17.3 Å². The molecule has 2 aromatic heterocycles. The van der Waals surface area contributed by atoms with Crippen molar-refractivity contribution in [3.8, 4) is 11.5 Å². The number of aromatic nitrogens is 3. The van der Waals surface area contributed by atoms with Crippen molar-refractivity contribution in [3.63, 3.8) is 0 Å². The second-order valence-corrected chi connectivity index (χ2v) is 7.94.